The van der Waals surface area contributed by atoms with Crippen LogP contribution < -0.4 is 10.2 Å². The van der Waals surface area contributed by atoms with Crippen LogP contribution in [0.2, 0.25) is 0 Å². The van der Waals surface area contributed by atoms with Crippen LogP contribution in [0.3, 0.4) is 0 Å². The molecular weight excluding hydrogens is 570 g/mol. The summed E-state index contributed by atoms with van der Waals surface area (Å²) in [4.78, 5) is 64.4. The van der Waals surface area contributed by atoms with Crippen molar-refractivity contribution in [3.05, 3.63) is 42.1 Å². The summed E-state index contributed by atoms with van der Waals surface area (Å²) in [5.74, 6) is -0.133. The summed E-state index contributed by atoms with van der Waals surface area (Å²) in [6.07, 6.45) is -0.601. The Balaban J connectivity index is 1.27. The van der Waals surface area contributed by atoms with E-state index < -0.39 is 30.1 Å². The fourth-order valence-corrected chi connectivity index (χ4v) is 5.63. The van der Waals surface area contributed by atoms with E-state index in [1.807, 2.05) is 48.2 Å². The minimum Gasteiger partial charge on any atom is -0.450 e. The first kappa shape index (κ1) is 30.5. The van der Waals surface area contributed by atoms with Crippen LogP contribution in [-0.2, 0) is 14.3 Å². The number of ether oxygens (including phenoxy) is 2. The lowest BCUT2D eigenvalue weighted by Crippen LogP contribution is -2.56. The molecule has 3 aliphatic rings. The van der Waals surface area contributed by atoms with Gasteiger partial charge in [-0.25, -0.2) is 19.6 Å². The fraction of sp³-hybridized carbons (Fsp3) is 0.500. The number of hydrogen-bond acceptors (Lipinski definition) is 10. The molecule has 2 aliphatic heterocycles. The quantitative estimate of drug-likeness (QED) is 0.300. The summed E-state index contributed by atoms with van der Waals surface area (Å²) in [5, 5.41) is 21.1. The Hall–Kier alpha value is -4.93. The smallest absolute Gasteiger partial charge is 0.450 e. The number of carbonyl (C=O) groups is 4. The number of nitriles is 1. The Labute approximate surface area is 254 Å². The Morgan fingerprint density at radius 2 is 1.75 bits per heavy atom. The molecule has 14 nitrogen and oxygen atoms in total. The van der Waals surface area contributed by atoms with E-state index in [1.54, 1.807) is 4.90 Å². The lowest BCUT2D eigenvalue weighted by molar-refractivity contribution is -0.134. The predicted octanol–water partition coefficient (Wildman–Crippen LogP) is 2.37. The largest absolute Gasteiger partial charge is 0.506 e. The van der Waals surface area contributed by atoms with Gasteiger partial charge in [-0.15, -0.1) is 0 Å². The Morgan fingerprint density at radius 3 is 2.39 bits per heavy atom. The number of amides is 3. The second-order valence-corrected chi connectivity index (χ2v) is 11.1. The highest BCUT2D eigenvalue weighted by atomic mass is 16.7. The van der Waals surface area contributed by atoms with Gasteiger partial charge < -0.3 is 34.6 Å². The van der Waals surface area contributed by atoms with Gasteiger partial charge in [0.15, 0.2) is 5.82 Å². The van der Waals surface area contributed by atoms with Crippen LogP contribution in [0.5, 0.6) is 0 Å². The number of nitrogens with zero attached hydrogens (tertiary/aromatic N) is 6. The SMILES string of the molecule is CCCCOC(=O)N1CCN(C(=O)[C@H](CC#N)NC(=O)c2cc(N3C[C@@H]4[C@H](C3)[C@@H]4OC(=O)O)nc(-c3ccccc3)n2)CC1. The first-order valence-corrected chi connectivity index (χ1v) is 14.8. The molecule has 0 bridgehead atoms. The molecule has 5 rings (SSSR count). The summed E-state index contributed by atoms with van der Waals surface area (Å²) in [5.41, 5.74) is 0.721. The maximum atomic E-state index is 13.5. The first-order valence-electron chi connectivity index (χ1n) is 14.8. The normalized spacial score (nSPS) is 21.1. The van der Waals surface area contributed by atoms with E-state index in [-0.39, 0.29) is 56.2 Å². The Morgan fingerprint density at radius 1 is 1.07 bits per heavy atom. The van der Waals surface area contributed by atoms with Crippen molar-refractivity contribution in [2.24, 2.45) is 11.8 Å². The second-order valence-electron chi connectivity index (χ2n) is 11.1. The van der Waals surface area contributed by atoms with Crippen molar-refractivity contribution in [2.75, 3.05) is 50.8 Å². The van der Waals surface area contributed by atoms with Gasteiger partial charge in [0.2, 0.25) is 5.91 Å². The van der Waals surface area contributed by atoms with Crippen molar-refractivity contribution in [1.82, 2.24) is 25.1 Å². The lowest BCUT2D eigenvalue weighted by atomic mass is 10.1. The van der Waals surface area contributed by atoms with E-state index in [1.165, 1.54) is 11.0 Å². The van der Waals surface area contributed by atoms with Crippen LogP contribution in [0, 0.1) is 23.2 Å². The molecular formula is C30H35N7O7. The molecule has 0 spiro atoms. The molecule has 0 radical (unpaired) electrons. The van der Waals surface area contributed by atoms with Gasteiger partial charge in [-0.2, -0.15) is 5.26 Å². The zero-order valence-electron chi connectivity index (χ0n) is 24.4. The minimum absolute atomic E-state index is 0.0307. The summed E-state index contributed by atoms with van der Waals surface area (Å²) < 4.78 is 10.2. The minimum atomic E-state index is -1.29. The molecule has 44 heavy (non-hydrogen) atoms. The molecule has 2 N–H and O–H groups in total. The van der Waals surface area contributed by atoms with Crippen LogP contribution in [0.15, 0.2) is 36.4 Å². The number of piperidine rings is 1. The average molecular weight is 606 g/mol. The molecule has 2 saturated heterocycles. The van der Waals surface area contributed by atoms with Crippen LogP contribution in [-0.4, -0.2) is 107 Å². The van der Waals surface area contributed by atoms with Gasteiger partial charge >= 0.3 is 12.2 Å². The van der Waals surface area contributed by atoms with Gasteiger partial charge in [-0.1, -0.05) is 43.7 Å². The van der Waals surface area contributed by atoms with E-state index in [0.717, 1.165) is 12.8 Å². The zero-order chi connectivity index (χ0) is 31.2. The van der Waals surface area contributed by atoms with Crippen molar-refractivity contribution in [3.8, 4) is 17.5 Å². The second kappa shape index (κ2) is 13.6. The third-order valence-electron chi connectivity index (χ3n) is 8.13. The molecule has 4 atom stereocenters. The van der Waals surface area contributed by atoms with Crippen LogP contribution in [0.1, 0.15) is 36.7 Å². The van der Waals surface area contributed by atoms with Gasteiger partial charge in [-0.05, 0) is 6.42 Å². The number of carboxylic acid groups (broad SMARTS) is 1. The van der Waals surface area contributed by atoms with E-state index in [9.17, 15) is 24.4 Å². The maximum Gasteiger partial charge on any atom is 0.506 e. The van der Waals surface area contributed by atoms with Gasteiger partial charge in [0.1, 0.15) is 23.7 Å². The molecule has 1 aromatic heterocycles. The van der Waals surface area contributed by atoms with Crippen molar-refractivity contribution in [1.29, 1.82) is 5.26 Å². The highest BCUT2D eigenvalue weighted by Crippen LogP contribution is 2.48. The molecule has 1 aromatic carbocycles. The maximum absolute atomic E-state index is 13.5. The molecule has 1 aliphatic carbocycles. The van der Waals surface area contributed by atoms with Crippen LogP contribution >= 0.6 is 0 Å². The standard InChI is InChI=1S/C30H35N7O7/c1-2-3-15-43-29(40)36-13-11-35(12-14-36)28(39)22(9-10-31)33-27(38)23-16-24(34-26(32-23)19-7-5-4-6-8-19)37-17-20-21(18-37)25(20)44-30(41)42/h4-8,16,20-22,25H,2-3,9,11-15,17-18H2,1H3,(H,33,38)(H,41,42)/t20-,21+,22-,25-/m0/s1. The van der Waals surface area contributed by atoms with Crippen LogP contribution in [0.25, 0.3) is 11.4 Å². The van der Waals surface area contributed by atoms with E-state index in [4.69, 9.17) is 14.6 Å². The number of rotatable bonds is 10. The molecule has 3 amide bonds. The number of carbonyl (C=O) groups excluding carboxylic acids is 3. The molecule has 3 fully saturated rings. The van der Waals surface area contributed by atoms with E-state index in [0.29, 0.717) is 36.9 Å². The topological polar surface area (TPSA) is 178 Å². The average Bonchev–Trinajstić information content (AvgIpc) is 3.45. The Bertz CT molecular complexity index is 1410. The number of benzene rings is 1. The number of fused-ring (bicyclic) bond motifs is 1. The highest BCUT2D eigenvalue weighted by molar-refractivity contribution is 5.97. The molecule has 1 saturated carbocycles. The van der Waals surface area contributed by atoms with E-state index >= 15 is 0 Å². The molecule has 232 valence electrons. The number of unbranched alkanes of at least 4 members (excludes halogenated alkanes) is 1. The van der Waals surface area contributed by atoms with Gasteiger partial charge in [0.25, 0.3) is 5.91 Å². The van der Waals surface area contributed by atoms with Crippen molar-refractivity contribution in [2.45, 2.75) is 38.3 Å². The molecule has 2 aromatic rings. The summed E-state index contributed by atoms with van der Waals surface area (Å²) >= 11 is 0. The summed E-state index contributed by atoms with van der Waals surface area (Å²) in [6.45, 7) is 4.46. The van der Waals surface area contributed by atoms with Crippen molar-refractivity contribution < 1.29 is 33.8 Å². The summed E-state index contributed by atoms with van der Waals surface area (Å²) in [6, 6.07) is 11.6. The zero-order valence-corrected chi connectivity index (χ0v) is 24.4. The summed E-state index contributed by atoms with van der Waals surface area (Å²) in [7, 11) is 0. The fourth-order valence-electron chi connectivity index (χ4n) is 5.63. The van der Waals surface area contributed by atoms with Crippen LogP contribution in [0.4, 0.5) is 15.4 Å². The molecule has 0 unspecified atom stereocenters. The number of aromatic nitrogens is 2. The first-order chi connectivity index (χ1) is 21.3. The highest BCUT2D eigenvalue weighted by Gasteiger charge is 2.59. The molecule has 3 heterocycles. The van der Waals surface area contributed by atoms with Crippen molar-refractivity contribution >= 4 is 29.9 Å². The van der Waals surface area contributed by atoms with E-state index in [2.05, 4.69) is 15.3 Å². The number of piperazine rings is 1. The third kappa shape index (κ3) is 6.99. The number of nitrogens with one attached hydrogen (secondary N) is 1. The van der Waals surface area contributed by atoms with Gasteiger partial charge in [0, 0.05) is 62.7 Å². The third-order valence-corrected chi connectivity index (χ3v) is 8.13. The number of hydrogen-bond donors (Lipinski definition) is 2. The van der Waals surface area contributed by atoms with Gasteiger partial charge in [-0.3, -0.25) is 9.59 Å². The number of anilines is 1. The monoisotopic (exact) mass is 605 g/mol. The predicted molar refractivity (Wildman–Crippen MR) is 155 cm³/mol. The van der Waals surface area contributed by atoms with Gasteiger partial charge in [0.05, 0.1) is 19.1 Å². The lowest BCUT2D eigenvalue weighted by Gasteiger charge is -2.35. The molecule has 14 heteroatoms. The Kier molecular flexibility index (Phi) is 9.42. The van der Waals surface area contributed by atoms with Crippen molar-refractivity contribution in [3.63, 3.8) is 0 Å².